The zero-order valence-electron chi connectivity index (χ0n) is 17.1. The zero-order valence-corrected chi connectivity index (χ0v) is 17.9. The van der Waals surface area contributed by atoms with Gasteiger partial charge in [-0.1, -0.05) is 0 Å². The number of furan rings is 1. The first-order chi connectivity index (χ1) is 15.0. The fourth-order valence-corrected chi connectivity index (χ4v) is 6.86. The van der Waals surface area contributed by atoms with Gasteiger partial charge in [0, 0.05) is 23.2 Å². The van der Waals surface area contributed by atoms with Gasteiger partial charge in [0.25, 0.3) is 0 Å². The molecule has 4 aliphatic rings. The van der Waals surface area contributed by atoms with Gasteiger partial charge < -0.3 is 14.8 Å². The van der Waals surface area contributed by atoms with Crippen LogP contribution in [0.1, 0.15) is 77.7 Å². The number of aliphatic hydroxyl groups excluding tert-OH is 1. The number of carbonyl (C=O) groups excluding carboxylic acids is 1. The lowest BCUT2D eigenvalue weighted by Crippen LogP contribution is -2.31. The van der Waals surface area contributed by atoms with Gasteiger partial charge in [-0.3, -0.25) is 0 Å². The van der Waals surface area contributed by atoms with Gasteiger partial charge in [-0.25, -0.2) is 18.1 Å². The first-order valence-corrected chi connectivity index (χ1v) is 12.3. The van der Waals surface area contributed by atoms with Crippen LogP contribution in [0.25, 0.3) is 0 Å². The monoisotopic (exact) mass is 444 g/mol. The molecule has 2 bridgehead atoms. The highest BCUT2D eigenvalue weighted by Gasteiger charge is 2.42. The number of fused-ring (bicyclic) bond motifs is 6. The minimum absolute atomic E-state index is 0.0939. The van der Waals surface area contributed by atoms with Gasteiger partial charge in [0.2, 0.25) is 5.09 Å². The van der Waals surface area contributed by atoms with E-state index in [1.807, 2.05) is 0 Å². The topological polar surface area (TPSA) is 91.6 Å². The second kappa shape index (κ2) is 7.17. The molecule has 0 spiro atoms. The average Bonchev–Trinajstić information content (AvgIpc) is 3.53. The van der Waals surface area contributed by atoms with Crippen molar-refractivity contribution in [3.05, 3.63) is 45.5 Å². The van der Waals surface area contributed by atoms with Crippen LogP contribution in [-0.2, 0) is 36.7 Å². The summed E-state index contributed by atoms with van der Waals surface area (Å²) in [5, 5.41) is 13.6. The van der Waals surface area contributed by atoms with Crippen molar-refractivity contribution in [1.29, 1.82) is 0 Å². The summed E-state index contributed by atoms with van der Waals surface area (Å²) in [7, 11) is -1.88. The van der Waals surface area contributed by atoms with E-state index < -0.39 is 23.1 Å². The molecule has 4 unspecified atom stereocenters. The Morgan fingerprint density at radius 3 is 2.48 bits per heavy atom. The van der Waals surface area contributed by atoms with Gasteiger partial charge >= 0.3 is 6.03 Å². The molecule has 1 fully saturated rings. The van der Waals surface area contributed by atoms with Crippen molar-refractivity contribution in [2.45, 2.75) is 74.9 Å². The van der Waals surface area contributed by atoms with E-state index in [2.05, 4.69) is 10.0 Å². The second-order valence-corrected chi connectivity index (χ2v) is 10.4. The van der Waals surface area contributed by atoms with Crippen LogP contribution in [0.2, 0.25) is 0 Å². The standard InChI is InChI=1S/C23H25FN2O4S/c24-19-13-3-1-5-15(13)20(16-6-2-4-14(16)19)25-23(28)26-31(29)18-10-17-21(27)11-7-8-12(9-11)22(17)30-18/h10-12,21,27H,1-9H2,(H2,25,26,28). The molecule has 1 saturated carbocycles. The SMILES string of the molecule is O=C(Nc1c2c(c(F)c3c1CCC3)CCC2)NS(=O)c1cc2c(o1)C1CCC(C1)C2O. The Morgan fingerprint density at radius 2 is 1.77 bits per heavy atom. The summed E-state index contributed by atoms with van der Waals surface area (Å²) in [4.78, 5) is 12.7. The lowest BCUT2D eigenvalue weighted by atomic mass is 9.86. The van der Waals surface area contributed by atoms with Crippen molar-refractivity contribution >= 4 is 22.7 Å². The van der Waals surface area contributed by atoms with Crippen LogP contribution in [0.4, 0.5) is 14.9 Å². The van der Waals surface area contributed by atoms with Gasteiger partial charge in [-0.15, -0.1) is 0 Å². The largest absolute Gasteiger partial charge is 0.450 e. The van der Waals surface area contributed by atoms with E-state index >= 15 is 0 Å². The van der Waals surface area contributed by atoms with Crippen LogP contribution in [0, 0.1) is 11.7 Å². The summed E-state index contributed by atoms with van der Waals surface area (Å²) >= 11 is 0. The number of benzene rings is 1. The van der Waals surface area contributed by atoms with Crippen LogP contribution in [0.3, 0.4) is 0 Å². The van der Waals surface area contributed by atoms with Crippen LogP contribution in [0.5, 0.6) is 0 Å². The lowest BCUT2D eigenvalue weighted by Gasteiger charge is -2.23. The molecule has 2 aromatic rings. The van der Waals surface area contributed by atoms with Gasteiger partial charge in [-0.2, -0.15) is 0 Å². The molecular weight excluding hydrogens is 419 g/mol. The number of hydrogen-bond acceptors (Lipinski definition) is 4. The molecule has 4 aliphatic carbocycles. The summed E-state index contributed by atoms with van der Waals surface area (Å²) in [5.74, 6) is 1.10. The molecule has 3 N–H and O–H groups in total. The van der Waals surface area contributed by atoms with Crippen molar-refractivity contribution in [3.63, 3.8) is 0 Å². The van der Waals surface area contributed by atoms with Crippen LogP contribution >= 0.6 is 0 Å². The summed E-state index contributed by atoms with van der Waals surface area (Å²) < 4.78 is 35.9. The van der Waals surface area contributed by atoms with Crippen LogP contribution in [0.15, 0.2) is 15.6 Å². The number of amides is 2. The minimum atomic E-state index is -1.88. The predicted molar refractivity (Wildman–Crippen MR) is 113 cm³/mol. The molecule has 6 nitrogen and oxygen atoms in total. The van der Waals surface area contributed by atoms with Gasteiger partial charge in [-0.05, 0) is 86.0 Å². The lowest BCUT2D eigenvalue weighted by molar-refractivity contribution is 0.101. The number of anilines is 1. The first kappa shape index (κ1) is 19.5. The first-order valence-electron chi connectivity index (χ1n) is 11.2. The van der Waals surface area contributed by atoms with Gasteiger partial charge in [0.15, 0.2) is 11.0 Å². The molecule has 1 aromatic carbocycles. The van der Waals surface area contributed by atoms with E-state index in [-0.39, 0.29) is 22.7 Å². The fraction of sp³-hybridized carbons (Fsp3) is 0.522. The Morgan fingerprint density at radius 1 is 1.10 bits per heavy atom. The Labute approximate surface area is 182 Å². The Balaban J connectivity index is 1.23. The normalized spacial score (nSPS) is 26.3. The van der Waals surface area contributed by atoms with E-state index in [0.717, 1.165) is 67.2 Å². The molecule has 4 atom stereocenters. The van der Waals surface area contributed by atoms with Crippen LogP contribution < -0.4 is 10.0 Å². The average molecular weight is 445 g/mol. The van der Waals surface area contributed by atoms with Crippen LogP contribution in [-0.4, -0.2) is 15.3 Å². The van der Waals surface area contributed by atoms with Crippen molar-refractivity contribution in [3.8, 4) is 0 Å². The smallest absolute Gasteiger partial charge is 0.331 e. The Kier molecular flexibility index (Phi) is 4.51. The third-order valence-electron chi connectivity index (χ3n) is 7.55. The molecule has 6 rings (SSSR count). The second-order valence-electron chi connectivity index (χ2n) is 9.24. The summed E-state index contributed by atoms with van der Waals surface area (Å²) in [6, 6.07) is 1.03. The molecule has 31 heavy (non-hydrogen) atoms. The van der Waals surface area contributed by atoms with E-state index in [1.54, 1.807) is 6.07 Å². The molecule has 0 aliphatic heterocycles. The maximum absolute atomic E-state index is 14.8. The number of carbonyl (C=O) groups is 1. The highest BCUT2D eigenvalue weighted by atomic mass is 32.2. The number of urea groups is 1. The molecular formula is C23H25FN2O4S. The molecule has 0 saturated heterocycles. The fourth-order valence-electron chi connectivity index (χ4n) is 6.14. The zero-order chi connectivity index (χ0) is 21.3. The molecule has 1 heterocycles. The molecule has 164 valence electrons. The molecule has 2 amide bonds. The summed E-state index contributed by atoms with van der Waals surface area (Å²) in [6.07, 6.45) is 6.85. The number of aliphatic hydroxyl groups is 1. The molecule has 8 heteroatoms. The van der Waals surface area contributed by atoms with E-state index in [1.165, 1.54) is 0 Å². The summed E-state index contributed by atoms with van der Waals surface area (Å²) in [6.45, 7) is 0. The van der Waals surface area contributed by atoms with Crippen molar-refractivity contribution in [2.24, 2.45) is 5.92 Å². The number of nitrogens with one attached hydrogen (secondary N) is 2. The van der Waals surface area contributed by atoms with Gasteiger partial charge in [0.1, 0.15) is 11.6 Å². The van der Waals surface area contributed by atoms with Gasteiger partial charge in [0.05, 0.1) is 6.10 Å². The van der Waals surface area contributed by atoms with E-state index in [4.69, 9.17) is 4.42 Å². The minimum Gasteiger partial charge on any atom is -0.450 e. The number of hydrogen-bond donors (Lipinski definition) is 3. The quantitative estimate of drug-likeness (QED) is 0.663. The highest BCUT2D eigenvalue weighted by Crippen LogP contribution is 2.52. The predicted octanol–water partition coefficient (Wildman–Crippen LogP) is 4.17. The molecule has 0 radical (unpaired) electrons. The van der Waals surface area contributed by atoms with E-state index in [9.17, 15) is 18.5 Å². The maximum Gasteiger partial charge on any atom is 0.331 e. The third-order valence-corrected chi connectivity index (χ3v) is 8.49. The number of rotatable bonds is 3. The van der Waals surface area contributed by atoms with E-state index in [0.29, 0.717) is 29.9 Å². The third kappa shape index (κ3) is 2.98. The van der Waals surface area contributed by atoms with Crippen molar-refractivity contribution < 1.29 is 22.9 Å². The Bertz CT molecular complexity index is 1080. The number of halogens is 1. The maximum atomic E-state index is 14.8. The Hall–Kier alpha value is -2.19. The highest BCUT2D eigenvalue weighted by molar-refractivity contribution is 7.83. The summed E-state index contributed by atoms with van der Waals surface area (Å²) in [5.41, 5.74) is 4.61. The van der Waals surface area contributed by atoms with Crippen molar-refractivity contribution in [2.75, 3.05) is 5.32 Å². The molecule has 1 aromatic heterocycles. The van der Waals surface area contributed by atoms with Crippen molar-refractivity contribution in [1.82, 2.24) is 4.72 Å².